The second-order valence-corrected chi connectivity index (χ2v) is 3.84. The first-order valence-electron chi connectivity index (χ1n) is 5.01. The Hall–Kier alpha value is -1.36. The lowest BCUT2D eigenvalue weighted by Crippen LogP contribution is -2.45. The van der Waals surface area contributed by atoms with Gasteiger partial charge in [0, 0.05) is 0 Å². The van der Waals surface area contributed by atoms with Crippen LogP contribution in [-0.4, -0.2) is 18.5 Å². The summed E-state index contributed by atoms with van der Waals surface area (Å²) in [6, 6.07) is -2.32. The molecule has 0 heterocycles. The summed E-state index contributed by atoms with van der Waals surface area (Å²) in [6.45, 7) is 0. The highest BCUT2D eigenvalue weighted by molar-refractivity contribution is 5.85. The van der Waals surface area contributed by atoms with E-state index >= 15 is 0 Å². The van der Waals surface area contributed by atoms with Crippen LogP contribution in [0.3, 0.4) is 0 Å². The van der Waals surface area contributed by atoms with Gasteiger partial charge in [0.05, 0.1) is 0 Å². The fraction of sp³-hybridized carbons (Fsp3) is 0.400. The Morgan fingerprint density at radius 1 is 0.955 bits per heavy atom. The van der Waals surface area contributed by atoms with Crippen molar-refractivity contribution in [2.75, 3.05) is 0 Å². The summed E-state index contributed by atoms with van der Waals surface area (Å²) in [5.74, 6) is -8.54. The van der Waals surface area contributed by atoms with Gasteiger partial charge in [-0.05, 0) is 17.7 Å². The molecule has 1 rings (SSSR count). The number of benzene rings is 1. The Bertz CT molecular complexity index is 514. The van der Waals surface area contributed by atoms with Gasteiger partial charge in [-0.15, -0.1) is 25.6 Å². The van der Waals surface area contributed by atoms with Crippen LogP contribution in [0.5, 0.6) is 5.75 Å². The average Bonchev–Trinajstić information content (AvgIpc) is 2.27. The summed E-state index contributed by atoms with van der Waals surface area (Å²) in [7, 11) is 0. The molecule has 0 saturated heterocycles. The summed E-state index contributed by atoms with van der Waals surface area (Å²) >= 11 is 0. The van der Waals surface area contributed by atoms with Crippen LogP contribution in [0.2, 0.25) is 0 Å². The minimum absolute atomic E-state index is 0. The van der Waals surface area contributed by atoms with Crippen LogP contribution in [0.4, 0.5) is 39.5 Å². The molecule has 0 bridgehead atoms. The maximum absolute atomic E-state index is 13.2. The molecule has 0 aliphatic rings. The van der Waals surface area contributed by atoms with Gasteiger partial charge in [0.2, 0.25) is 0 Å². The molecule has 2 nitrogen and oxygen atoms in total. The minimum atomic E-state index is -6.00. The van der Waals surface area contributed by atoms with Gasteiger partial charge in [-0.2, -0.15) is 22.0 Å². The molecule has 2 N–H and O–H groups in total. The number of hydrogen-bond acceptors (Lipinski definition) is 2. The largest absolute Gasteiger partial charge is 0.573 e. The lowest BCUT2D eigenvalue weighted by Gasteiger charge is -2.26. The van der Waals surface area contributed by atoms with E-state index in [1.807, 2.05) is 0 Å². The first-order valence-corrected chi connectivity index (χ1v) is 5.01. The zero-order valence-electron chi connectivity index (χ0n) is 10.1. The molecule has 0 aliphatic carbocycles. The third-order valence-electron chi connectivity index (χ3n) is 2.31. The van der Waals surface area contributed by atoms with Crippen LogP contribution in [0.25, 0.3) is 0 Å². The maximum atomic E-state index is 13.2. The molecule has 12 heteroatoms. The van der Waals surface area contributed by atoms with Crippen molar-refractivity contribution in [3.8, 4) is 5.75 Å². The van der Waals surface area contributed by atoms with Crippen molar-refractivity contribution in [1.82, 2.24) is 0 Å². The molecule has 0 aromatic heterocycles. The van der Waals surface area contributed by atoms with Crippen molar-refractivity contribution in [2.45, 2.75) is 24.5 Å². The first-order chi connectivity index (χ1) is 9.25. The molecule has 1 aromatic rings. The third-order valence-corrected chi connectivity index (χ3v) is 2.31. The van der Waals surface area contributed by atoms with Crippen LogP contribution in [0.15, 0.2) is 18.2 Å². The van der Waals surface area contributed by atoms with Gasteiger partial charge in [-0.25, -0.2) is 4.39 Å². The zero-order valence-corrected chi connectivity index (χ0v) is 10.9. The highest BCUT2D eigenvalue weighted by atomic mass is 35.5. The van der Waals surface area contributed by atoms with Crippen molar-refractivity contribution < 1.29 is 44.3 Å². The van der Waals surface area contributed by atoms with Crippen LogP contribution < -0.4 is 10.5 Å². The number of hydrogen-bond donors (Lipinski definition) is 1. The number of rotatable bonds is 3. The van der Waals surface area contributed by atoms with E-state index in [-0.39, 0.29) is 24.5 Å². The predicted octanol–water partition coefficient (Wildman–Crippen LogP) is 4.34. The molecular formula is C10H7ClF9NO. The summed E-state index contributed by atoms with van der Waals surface area (Å²) in [5, 5.41) is 0. The average molecular weight is 364 g/mol. The second kappa shape index (κ2) is 6.41. The molecule has 22 heavy (non-hydrogen) atoms. The standard InChI is InChI=1S/C10H6F9NO.ClH/c11-5-3-4(1-2-6(5)21-10(17,18)19)7(20)8(12,13)9(14,15)16;/h1-3,7H,20H2;1H/t7-;/m0./s1. The summed E-state index contributed by atoms with van der Waals surface area (Å²) in [5.41, 5.74) is 3.67. The molecule has 128 valence electrons. The molecule has 0 spiro atoms. The van der Waals surface area contributed by atoms with Gasteiger partial charge in [-0.1, -0.05) is 6.07 Å². The first kappa shape index (κ1) is 20.6. The quantitative estimate of drug-likeness (QED) is 0.811. The van der Waals surface area contributed by atoms with E-state index in [2.05, 4.69) is 4.74 Å². The van der Waals surface area contributed by atoms with Crippen molar-refractivity contribution in [3.05, 3.63) is 29.6 Å². The SMILES string of the molecule is Cl.N[C@@H](c1ccc(OC(F)(F)F)c(F)c1)C(F)(F)C(F)(F)F. The van der Waals surface area contributed by atoms with Crippen molar-refractivity contribution in [2.24, 2.45) is 5.73 Å². The molecule has 0 aliphatic heterocycles. The van der Waals surface area contributed by atoms with Gasteiger partial charge in [0.25, 0.3) is 0 Å². The maximum Gasteiger partial charge on any atom is 0.573 e. The van der Waals surface area contributed by atoms with Gasteiger partial charge < -0.3 is 10.5 Å². The van der Waals surface area contributed by atoms with Crippen molar-refractivity contribution >= 4 is 12.4 Å². The minimum Gasteiger partial charge on any atom is -0.403 e. The lowest BCUT2D eigenvalue weighted by molar-refractivity contribution is -0.291. The molecule has 0 amide bonds. The van der Waals surface area contributed by atoms with Gasteiger partial charge in [0.1, 0.15) is 6.04 Å². The molecule has 0 radical (unpaired) electrons. The molecule has 0 unspecified atom stereocenters. The fourth-order valence-corrected chi connectivity index (χ4v) is 1.30. The topological polar surface area (TPSA) is 35.2 Å². The van der Waals surface area contributed by atoms with Crippen molar-refractivity contribution in [3.63, 3.8) is 0 Å². The lowest BCUT2D eigenvalue weighted by atomic mass is 10.0. The van der Waals surface area contributed by atoms with E-state index in [0.29, 0.717) is 6.07 Å². The van der Waals surface area contributed by atoms with Crippen LogP contribution >= 0.6 is 12.4 Å². The number of alkyl halides is 8. The van der Waals surface area contributed by atoms with E-state index in [1.165, 1.54) is 0 Å². The van der Waals surface area contributed by atoms with Gasteiger partial charge >= 0.3 is 18.5 Å². The Labute approximate surface area is 123 Å². The summed E-state index contributed by atoms with van der Waals surface area (Å²) in [4.78, 5) is 0. The Morgan fingerprint density at radius 3 is 1.82 bits per heavy atom. The summed E-state index contributed by atoms with van der Waals surface area (Å²) < 4.78 is 114. The van der Waals surface area contributed by atoms with E-state index in [9.17, 15) is 39.5 Å². The van der Waals surface area contributed by atoms with Crippen LogP contribution in [-0.2, 0) is 0 Å². The molecule has 1 aromatic carbocycles. The monoisotopic (exact) mass is 363 g/mol. The number of ether oxygens (including phenoxy) is 1. The normalized spacial score (nSPS) is 14.3. The molecular weight excluding hydrogens is 357 g/mol. The predicted molar refractivity (Wildman–Crippen MR) is 58.3 cm³/mol. The zero-order chi connectivity index (χ0) is 16.6. The van der Waals surface area contributed by atoms with Gasteiger partial charge in [-0.3, -0.25) is 0 Å². The number of nitrogens with two attached hydrogens (primary N) is 1. The molecule has 1 atom stereocenters. The van der Waals surface area contributed by atoms with Crippen LogP contribution in [0, 0.1) is 5.82 Å². The Kier molecular flexibility index (Phi) is 6.01. The van der Waals surface area contributed by atoms with E-state index < -0.39 is 41.6 Å². The fourth-order valence-electron chi connectivity index (χ4n) is 1.30. The smallest absolute Gasteiger partial charge is 0.403 e. The highest BCUT2D eigenvalue weighted by Crippen LogP contribution is 2.43. The third kappa shape index (κ3) is 4.57. The van der Waals surface area contributed by atoms with E-state index in [4.69, 9.17) is 5.73 Å². The second-order valence-electron chi connectivity index (χ2n) is 3.84. The van der Waals surface area contributed by atoms with Gasteiger partial charge in [0.15, 0.2) is 11.6 Å². The highest BCUT2D eigenvalue weighted by Gasteiger charge is 2.61. The molecule has 0 fully saturated rings. The summed E-state index contributed by atoms with van der Waals surface area (Å²) in [6.07, 6.45) is -11.2. The van der Waals surface area contributed by atoms with E-state index in [1.54, 1.807) is 0 Å². The van der Waals surface area contributed by atoms with Crippen molar-refractivity contribution in [1.29, 1.82) is 0 Å². The Balaban J connectivity index is 0.00000441. The van der Waals surface area contributed by atoms with E-state index in [0.717, 1.165) is 0 Å². The molecule has 0 saturated carbocycles. The Morgan fingerprint density at radius 2 is 1.45 bits per heavy atom. The number of halogens is 10. The van der Waals surface area contributed by atoms with Crippen LogP contribution in [0.1, 0.15) is 11.6 Å².